The molecular formula is C19H19NO3S. The molecule has 3 aromatic rings. The molecule has 0 amide bonds. The van der Waals surface area contributed by atoms with Crippen molar-refractivity contribution in [3.05, 3.63) is 89.4 Å². The van der Waals surface area contributed by atoms with Gasteiger partial charge in [0.15, 0.2) is 0 Å². The Balaban J connectivity index is 1.97. The van der Waals surface area contributed by atoms with Gasteiger partial charge < -0.3 is 4.42 Å². The number of furan rings is 1. The Kier molecular flexibility index (Phi) is 4.55. The van der Waals surface area contributed by atoms with E-state index in [4.69, 9.17) is 4.42 Å². The lowest BCUT2D eigenvalue weighted by atomic mass is 10.0. The molecule has 1 heterocycles. The molecule has 124 valence electrons. The normalized spacial score (nSPS) is 12.9. The van der Waals surface area contributed by atoms with Gasteiger partial charge in [0.05, 0.1) is 11.2 Å². The van der Waals surface area contributed by atoms with Crippen molar-refractivity contribution >= 4 is 10.0 Å². The number of aryl methyl sites for hydroxylation is 2. The van der Waals surface area contributed by atoms with Gasteiger partial charge >= 0.3 is 0 Å². The van der Waals surface area contributed by atoms with Gasteiger partial charge in [0.2, 0.25) is 10.0 Å². The molecule has 1 atom stereocenters. The predicted octanol–water partition coefficient (Wildman–Crippen LogP) is 3.96. The lowest BCUT2D eigenvalue weighted by Crippen LogP contribution is -2.29. The van der Waals surface area contributed by atoms with Gasteiger partial charge in [-0.05, 0) is 43.7 Å². The molecular weight excluding hydrogens is 322 g/mol. The minimum absolute atomic E-state index is 0.233. The Morgan fingerprint density at radius 3 is 2.00 bits per heavy atom. The Labute approximate surface area is 142 Å². The van der Waals surface area contributed by atoms with Crippen LogP contribution in [0.1, 0.15) is 28.5 Å². The molecule has 4 nitrogen and oxygen atoms in total. The molecule has 24 heavy (non-hydrogen) atoms. The molecule has 0 saturated heterocycles. The first-order valence-corrected chi connectivity index (χ1v) is 9.13. The molecule has 2 aromatic carbocycles. The lowest BCUT2D eigenvalue weighted by Gasteiger charge is -2.17. The summed E-state index contributed by atoms with van der Waals surface area (Å²) >= 11 is 0. The maximum atomic E-state index is 12.7. The van der Waals surface area contributed by atoms with Crippen molar-refractivity contribution in [2.45, 2.75) is 24.8 Å². The Bertz CT molecular complexity index is 896. The second-order valence-corrected chi connectivity index (χ2v) is 7.51. The summed E-state index contributed by atoms with van der Waals surface area (Å²) in [6.45, 7) is 3.91. The summed E-state index contributed by atoms with van der Waals surface area (Å²) in [6, 6.07) is 17.4. The maximum absolute atomic E-state index is 12.7. The minimum atomic E-state index is -3.67. The average Bonchev–Trinajstić information content (AvgIpc) is 3.08. The first kappa shape index (κ1) is 16.5. The molecule has 0 aliphatic heterocycles. The van der Waals surface area contributed by atoms with Gasteiger partial charge in [-0.25, -0.2) is 8.42 Å². The van der Waals surface area contributed by atoms with Crippen LogP contribution in [0.3, 0.4) is 0 Å². The summed E-state index contributed by atoms with van der Waals surface area (Å²) in [5.74, 6) is 0.550. The summed E-state index contributed by atoms with van der Waals surface area (Å²) in [5.41, 5.74) is 2.94. The van der Waals surface area contributed by atoms with E-state index in [1.54, 1.807) is 36.4 Å². The van der Waals surface area contributed by atoms with Crippen LogP contribution in [-0.2, 0) is 10.0 Å². The molecule has 1 aromatic heterocycles. The van der Waals surface area contributed by atoms with Crippen LogP contribution in [0.4, 0.5) is 0 Å². The Hall–Kier alpha value is -2.37. The fourth-order valence-electron chi connectivity index (χ4n) is 2.45. The third kappa shape index (κ3) is 3.58. The van der Waals surface area contributed by atoms with E-state index < -0.39 is 16.1 Å². The number of rotatable bonds is 5. The van der Waals surface area contributed by atoms with Gasteiger partial charge in [-0.3, -0.25) is 0 Å². The molecule has 0 aliphatic rings. The molecule has 0 unspecified atom stereocenters. The van der Waals surface area contributed by atoms with Gasteiger partial charge in [-0.1, -0.05) is 47.5 Å². The summed E-state index contributed by atoms with van der Waals surface area (Å²) in [5, 5.41) is 0. The zero-order valence-electron chi connectivity index (χ0n) is 13.6. The zero-order chi connectivity index (χ0) is 17.2. The van der Waals surface area contributed by atoms with Crippen LogP contribution in [0, 0.1) is 13.8 Å². The second kappa shape index (κ2) is 6.63. The number of sulfonamides is 1. The van der Waals surface area contributed by atoms with E-state index in [1.807, 2.05) is 38.1 Å². The highest BCUT2D eigenvalue weighted by molar-refractivity contribution is 7.89. The van der Waals surface area contributed by atoms with Crippen LogP contribution in [0.2, 0.25) is 0 Å². The topological polar surface area (TPSA) is 59.3 Å². The van der Waals surface area contributed by atoms with Crippen LogP contribution < -0.4 is 4.72 Å². The van der Waals surface area contributed by atoms with E-state index in [0.717, 1.165) is 16.7 Å². The molecule has 0 spiro atoms. The Morgan fingerprint density at radius 2 is 1.46 bits per heavy atom. The predicted molar refractivity (Wildman–Crippen MR) is 93.2 cm³/mol. The van der Waals surface area contributed by atoms with E-state index in [2.05, 4.69) is 4.72 Å². The van der Waals surface area contributed by atoms with E-state index in [-0.39, 0.29) is 4.90 Å². The molecule has 1 N–H and O–H groups in total. The van der Waals surface area contributed by atoms with Gasteiger partial charge in [-0.2, -0.15) is 4.72 Å². The van der Waals surface area contributed by atoms with Gasteiger partial charge in [0.25, 0.3) is 0 Å². The molecule has 0 aliphatic carbocycles. The van der Waals surface area contributed by atoms with Gasteiger partial charge in [0, 0.05) is 0 Å². The molecule has 0 radical (unpaired) electrons. The van der Waals surface area contributed by atoms with Crippen molar-refractivity contribution in [2.24, 2.45) is 0 Å². The van der Waals surface area contributed by atoms with E-state index >= 15 is 0 Å². The number of benzene rings is 2. The third-order valence-electron chi connectivity index (χ3n) is 3.84. The first-order chi connectivity index (χ1) is 11.5. The van der Waals surface area contributed by atoms with Crippen molar-refractivity contribution in [2.75, 3.05) is 0 Å². The summed E-state index contributed by atoms with van der Waals surface area (Å²) < 4.78 is 33.7. The van der Waals surface area contributed by atoms with Gasteiger partial charge in [0.1, 0.15) is 11.8 Å². The van der Waals surface area contributed by atoms with E-state index in [9.17, 15) is 8.42 Å². The van der Waals surface area contributed by atoms with E-state index in [1.165, 1.54) is 6.26 Å². The Morgan fingerprint density at radius 1 is 0.875 bits per heavy atom. The molecule has 0 bridgehead atoms. The fraction of sp³-hybridized carbons (Fsp3) is 0.158. The van der Waals surface area contributed by atoms with Gasteiger partial charge in [-0.15, -0.1) is 0 Å². The number of nitrogens with one attached hydrogen (secondary N) is 1. The molecule has 0 fully saturated rings. The lowest BCUT2D eigenvalue weighted by molar-refractivity contribution is 0.471. The van der Waals surface area contributed by atoms with Crippen molar-refractivity contribution in [1.29, 1.82) is 0 Å². The standard InChI is InChI=1S/C19H19NO3S/c1-14-5-9-16(10-6-14)19(18-4-3-13-23-18)20-24(21,22)17-11-7-15(2)8-12-17/h3-13,19-20H,1-2H3/t19-/m1/s1. The summed E-state index contributed by atoms with van der Waals surface area (Å²) in [6.07, 6.45) is 1.54. The van der Waals surface area contributed by atoms with Crippen molar-refractivity contribution < 1.29 is 12.8 Å². The fourth-order valence-corrected chi connectivity index (χ4v) is 3.64. The highest BCUT2D eigenvalue weighted by Crippen LogP contribution is 2.25. The molecule has 3 rings (SSSR count). The highest BCUT2D eigenvalue weighted by atomic mass is 32.2. The second-order valence-electron chi connectivity index (χ2n) is 5.79. The summed E-state index contributed by atoms with van der Waals surface area (Å²) in [7, 11) is -3.67. The summed E-state index contributed by atoms with van der Waals surface area (Å²) in [4.78, 5) is 0.233. The zero-order valence-corrected chi connectivity index (χ0v) is 14.4. The van der Waals surface area contributed by atoms with Crippen LogP contribution >= 0.6 is 0 Å². The van der Waals surface area contributed by atoms with E-state index in [0.29, 0.717) is 5.76 Å². The SMILES string of the molecule is Cc1ccc([C@@H](NS(=O)(=O)c2ccc(C)cc2)c2ccco2)cc1. The van der Waals surface area contributed by atoms with Crippen molar-refractivity contribution in [3.8, 4) is 0 Å². The quantitative estimate of drug-likeness (QED) is 0.764. The molecule has 5 heteroatoms. The number of hydrogen-bond donors (Lipinski definition) is 1. The first-order valence-electron chi connectivity index (χ1n) is 7.65. The highest BCUT2D eigenvalue weighted by Gasteiger charge is 2.24. The third-order valence-corrected chi connectivity index (χ3v) is 5.28. The number of hydrogen-bond acceptors (Lipinski definition) is 3. The largest absolute Gasteiger partial charge is 0.467 e. The van der Waals surface area contributed by atoms with Crippen LogP contribution in [0.25, 0.3) is 0 Å². The van der Waals surface area contributed by atoms with Crippen LogP contribution in [0.15, 0.2) is 76.2 Å². The molecule has 0 saturated carbocycles. The van der Waals surface area contributed by atoms with Crippen molar-refractivity contribution in [1.82, 2.24) is 4.72 Å². The maximum Gasteiger partial charge on any atom is 0.241 e. The smallest absolute Gasteiger partial charge is 0.241 e. The average molecular weight is 341 g/mol. The minimum Gasteiger partial charge on any atom is -0.467 e. The van der Waals surface area contributed by atoms with Crippen LogP contribution in [-0.4, -0.2) is 8.42 Å². The van der Waals surface area contributed by atoms with Crippen molar-refractivity contribution in [3.63, 3.8) is 0 Å². The van der Waals surface area contributed by atoms with Crippen LogP contribution in [0.5, 0.6) is 0 Å². The monoisotopic (exact) mass is 341 g/mol.